The molecule has 1 heterocycles. The van der Waals surface area contributed by atoms with Gasteiger partial charge >= 0.3 is 5.97 Å². The number of hydrogen-bond donors (Lipinski definition) is 1. The van der Waals surface area contributed by atoms with E-state index in [-0.39, 0.29) is 17.0 Å². The number of nitrogens with one attached hydrogen (secondary N) is 1. The molecule has 1 amide bonds. The Morgan fingerprint density at radius 1 is 1.11 bits per heavy atom. The Hall–Kier alpha value is -3.55. The third kappa shape index (κ3) is 4.06. The van der Waals surface area contributed by atoms with Gasteiger partial charge in [-0.15, -0.1) is 0 Å². The molecule has 1 atom stereocenters. The SMILES string of the molecule is Cc1ccc2oc(C(=O)O[C@@H](C)C(=O)Nc3ccc(F)cc3F)cc(=O)c2c1. The lowest BCUT2D eigenvalue weighted by Gasteiger charge is -2.13. The van der Waals surface area contributed by atoms with Gasteiger partial charge in [0.1, 0.15) is 17.2 Å². The number of carbonyl (C=O) groups is 2. The molecule has 0 saturated carbocycles. The van der Waals surface area contributed by atoms with Crippen LogP contribution in [0.25, 0.3) is 11.0 Å². The Morgan fingerprint density at radius 2 is 1.86 bits per heavy atom. The quantitative estimate of drug-likeness (QED) is 0.692. The second-order valence-electron chi connectivity index (χ2n) is 6.14. The minimum absolute atomic E-state index is 0.204. The maximum absolute atomic E-state index is 13.6. The van der Waals surface area contributed by atoms with Crippen molar-refractivity contribution in [1.82, 2.24) is 0 Å². The van der Waals surface area contributed by atoms with Gasteiger partial charge in [-0.3, -0.25) is 9.59 Å². The van der Waals surface area contributed by atoms with Gasteiger partial charge in [0, 0.05) is 12.1 Å². The van der Waals surface area contributed by atoms with Crippen LogP contribution in [0.15, 0.2) is 51.7 Å². The van der Waals surface area contributed by atoms with Crippen molar-refractivity contribution in [2.75, 3.05) is 5.32 Å². The van der Waals surface area contributed by atoms with Crippen molar-refractivity contribution in [3.05, 3.63) is 75.6 Å². The molecule has 1 N–H and O–H groups in total. The standard InChI is InChI=1S/C20H15F2NO5/c1-10-3-6-17-13(7-10)16(24)9-18(28-17)20(26)27-11(2)19(25)23-15-5-4-12(21)8-14(15)22/h3-9,11H,1-2H3,(H,23,25)/t11-/m0/s1. The summed E-state index contributed by atoms with van der Waals surface area (Å²) in [6.07, 6.45) is -1.32. The summed E-state index contributed by atoms with van der Waals surface area (Å²) in [6, 6.07) is 8.50. The highest BCUT2D eigenvalue weighted by atomic mass is 19.1. The van der Waals surface area contributed by atoms with E-state index < -0.39 is 35.0 Å². The number of benzene rings is 2. The highest BCUT2D eigenvalue weighted by molar-refractivity contribution is 5.97. The first-order valence-electron chi connectivity index (χ1n) is 8.26. The van der Waals surface area contributed by atoms with Crippen LogP contribution in [0.5, 0.6) is 0 Å². The van der Waals surface area contributed by atoms with Crippen molar-refractivity contribution >= 4 is 28.5 Å². The van der Waals surface area contributed by atoms with E-state index in [0.29, 0.717) is 11.5 Å². The molecule has 3 aromatic rings. The van der Waals surface area contributed by atoms with Gasteiger partial charge < -0.3 is 14.5 Å². The van der Waals surface area contributed by atoms with Crippen molar-refractivity contribution in [2.45, 2.75) is 20.0 Å². The fraction of sp³-hybridized carbons (Fsp3) is 0.150. The van der Waals surface area contributed by atoms with E-state index in [1.54, 1.807) is 18.2 Å². The van der Waals surface area contributed by atoms with E-state index in [1.807, 2.05) is 6.92 Å². The molecule has 0 aliphatic carbocycles. The number of esters is 1. The van der Waals surface area contributed by atoms with Gasteiger partial charge in [0.15, 0.2) is 11.5 Å². The summed E-state index contributed by atoms with van der Waals surface area (Å²) >= 11 is 0. The van der Waals surface area contributed by atoms with Crippen LogP contribution in [0.2, 0.25) is 0 Å². The predicted octanol–water partition coefficient (Wildman–Crippen LogP) is 3.56. The van der Waals surface area contributed by atoms with Gasteiger partial charge in [0.05, 0.1) is 11.1 Å². The van der Waals surface area contributed by atoms with Gasteiger partial charge in [0.2, 0.25) is 5.76 Å². The Morgan fingerprint density at radius 3 is 2.57 bits per heavy atom. The summed E-state index contributed by atoms with van der Waals surface area (Å²) in [7, 11) is 0. The monoisotopic (exact) mass is 387 g/mol. The predicted molar refractivity (Wildman–Crippen MR) is 97.1 cm³/mol. The van der Waals surface area contributed by atoms with E-state index >= 15 is 0 Å². The number of carbonyl (C=O) groups excluding carboxylic acids is 2. The number of amides is 1. The van der Waals surface area contributed by atoms with E-state index in [2.05, 4.69) is 5.32 Å². The summed E-state index contributed by atoms with van der Waals surface area (Å²) in [4.78, 5) is 36.5. The summed E-state index contributed by atoms with van der Waals surface area (Å²) in [5, 5.41) is 2.51. The Balaban J connectivity index is 1.74. The molecule has 0 saturated heterocycles. The van der Waals surface area contributed by atoms with E-state index in [1.165, 1.54) is 6.92 Å². The molecule has 3 rings (SSSR count). The number of anilines is 1. The first kappa shape index (κ1) is 19.2. The van der Waals surface area contributed by atoms with Gasteiger partial charge in [0.25, 0.3) is 5.91 Å². The van der Waals surface area contributed by atoms with E-state index in [9.17, 15) is 23.2 Å². The third-order valence-corrected chi connectivity index (χ3v) is 3.93. The van der Waals surface area contributed by atoms with Gasteiger partial charge in [-0.25, -0.2) is 13.6 Å². The Labute approximate surface area is 157 Å². The molecular weight excluding hydrogens is 372 g/mol. The second-order valence-corrected chi connectivity index (χ2v) is 6.14. The molecule has 8 heteroatoms. The first-order chi connectivity index (χ1) is 13.2. The minimum atomic E-state index is -1.32. The normalized spacial score (nSPS) is 11.9. The molecule has 6 nitrogen and oxygen atoms in total. The highest BCUT2D eigenvalue weighted by Crippen LogP contribution is 2.17. The van der Waals surface area contributed by atoms with Crippen molar-refractivity contribution in [3.63, 3.8) is 0 Å². The van der Waals surface area contributed by atoms with Crippen LogP contribution in [-0.4, -0.2) is 18.0 Å². The van der Waals surface area contributed by atoms with Crippen molar-refractivity contribution in [2.24, 2.45) is 0 Å². The van der Waals surface area contributed by atoms with E-state index in [0.717, 1.165) is 23.8 Å². The molecule has 0 bridgehead atoms. The zero-order valence-corrected chi connectivity index (χ0v) is 14.9. The molecule has 0 unspecified atom stereocenters. The molecule has 0 fully saturated rings. The van der Waals surface area contributed by atoms with Crippen LogP contribution < -0.4 is 10.7 Å². The molecule has 0 aliphatic rings. The Bertz CT molecular complexity index is 1140. The third-order valence-electron chi connectivity index (χ3n) is 3.93. The topological polar surface area (TPSA) is 85.6 Å². The molecule has 1 aromatic heterocycles. The summed E-state index contributed by atoms with van der Waals surface area (Å²) < 4.78 is 36.9. The Kier molecular flexibility index (Phi) is 5.21. The lowest BCUT2D eigenvalue weighted by molar-refractivity contribution is -0.123. The number of hydrogen-bond acceptors (Lipinski definition) is 5. The van der Waals surface area contributed by atoms with Crippen LogP contribution in [0, 0.1) is 18.6 Å². The number of fused-ring (bicyclic) bond motifs is 1. The maximum Gasteiger partial charge on any atom is 0.375 e. The van der Waals surface area contributed by atoms with Gasteiger partial charge in [-0.05, 0) is 38.1 Å². The molecule has 144 valence electrons. The van der Waals surface area contributed by atoms with Crippen molar-refractivity contribution < 1.29 is 27.5 Å². The van der Waals surface area contributed by atoms with Gasteiger partial charge in [-0.1, -0.05) is 11.6 Å². The van der Waals surface area contributed by atoms with Crippen LogP contribution in [0.3, 0.4) is 0 Å². The fourth-order valence-corrected chi connectivity index (χ4v) is 2.47. The highest BCUT2D eigenvalue weighted by Gasteiger charge is 2.22. The van der Waals surface area contributed by atoms with Crippen LogP contribution in [0.4, 0.5) is 14.5 Å². The molecule has 0 spiro atoms. The first-order valence-corrected chi connectivity index (χ1v) is 8.26. The number of rotatable bonds is 4. The average Bonchev–Trinajstić information content (AvgIpc) is 2.64. The second kappa shape index (κ2) is 7.59. The minimum Gasteiger partial charge on any atom is -0.449 e. The number of aryl methyl sites for hydroxylation is 1. The van der Waals surface area contributed by atoms with Crippen LogP contribution in [-0.2, 0) is 9.53 Å². The molecular formula is C20H15F2NO5. The van der Waals surface area contributed by atoms with Gasteiger partial charge in [-0.2, -0.15) is 0 Å². The van der Waals surface area contributed by atoms with Crippen LogP contribution >= 0.6 is 0 Å². The lowest BCUT2D eigenvalue weighted by atomic mass is 10.1. The fourth-order valence-electron chi connectivity index (χ4n) is 2.47. The molecule has 28 heavy (non-hydrogen) atoms. The van der Waals surface area contributed by atoms with Crippen LogP contribution in [0.1, 0.15) is 23.0 Å². The van der Waals surface area contributed by atoms with E-state index in [4.69, 9.17) is 9.15 Å². The zero-order valence-electron chi connectivity index (χ0n) is 14.9. The zero-order chi connectivity index (χ0) is 20.4. The maximum atomic E-state index is 13.6. The smallest absolute Gasteiger partial charge is 0.375 e. The largest absolute Gasteiger partial charge is 0.449 e. The molecule has 0 radical (unpaired) electrons. The lowest BCUT2D eigenvalue weighted by Crippen LogP contribution is -2.30. The van der Waals surface area contributed by atoms with Crippen molar-refractivity contribution in [3.8, 4) is 0 Å². The molecule has 0 aliphatic heterocycles. The summed E-state index contributed by atoms with van der Waals surface area (Å²) in [5.41, 5.74) is 0.369. The van der Waals surface area contributed by atoms with Crippen molar-refractivity contribution in [1.29, 1.82) is 0 Å². The summed E-state index contributed by atoms with van der Waals surface area (Å²) in [6.45, 7) is 3.07. The number of ether oxygens (including phenoxy) is 1. The summed E-state index contributed by atoms with van der Waals surface area (Å²) in [5.74, 6) is -3.99. The molecule has 2 aromatic carbocycles. The average molecular weight is 387 g/mol. The number of halogens is 2.